The topological polar surface area (TPSA) is 17.1 Å². The number of nitrogens with zero attached hydrogens (tertiary/aromatic N) is 1. The maximum atomic E-state index is 14.5. The van der Waals surface area contributed by atoms with Crippen molar-refractivity contribution in [3.8, 4) is 24.3 Å². The number of amides is 1. The van der Waals surface area contributed by atoms with Crippen molar-refractivity contribution in [2.45, 2.75) is 69.0 Å². The molecule has 2 atom stereocenters. The third kappa shape index (κ3) is 3.82. The van der Waals surface area contributed by atoms with Crippen molar-refractivity contribution >= 4 is 5.91 Å². The first-order chi connectivity index (χ1) is 14.4. The quantitative estimate of drug-likeness (QED) is 0.193. The third-order valence-corrected chi connectivity index (χ3v) is 5.39. The predicted molar refractivity (Wildman–Crippen MR) is 85.4 cm³/mol. The average Bonchev–Trinajstić information content (AvgIpc) is 3.40. The average molecular weight is 508 g/mol. The molecule has 0 aromatic carbocycles. The van der Waals surface area contributed by atoms with E-state index in [1.165, 1.54) is 12.8 Å². The van der Waals surface area contributed by atoms with Crippen LogP contribution in [0.25, 0.3) is 0 Å². The molecule has 0 spiro atoms. The second-order valence-electron chi connectivity index (χ2n) is 7.91. The van der Waals surface area contributed by atoms with Crippen LogP contribution in [0, 0.1) is 29.7 Å². The zero-order valence-electron chi connectivity index (χ0n) is 16.8. The van der Waals surface area contributed by atoms with E-state index in [4.69, 9.17) is 6.42 Å². The summed E-state index contributed by atoms with van der Waals surface area (Å²) in [6.07, 6.45) is -2.86. The van der Waals surface area contributed by atoms with Gasteiger partial charge in [-0.05, 0) is 26.2 Å². The van der Waals surface area contributed by atoms with E-state index in [1.54, 1.807) is 12.0 Å². The molecule has 2 nitrogen and oxygen atoms in total. The van der Waals surface area contributed by atoms with E-state index in [1.807, 2.05) is 0 Å². The van der Waals surface area contributed by atoms with Gasteiger partial charge in [-0.1, -0.05) is 6.92 Å². The van der Waals surface area contributed by atoms with Crippen LogP contribution in [0.3, 0.4) is 0 Å². The van der Waals surface area contributed by atoms with Gasteiger partial charge < -0.3 is 0 Å². The molecule has 0 N–H and O–H groups in total. The van der Waals surface area contributed by atoms with Crippen molar-refractivity contribution in [3.05, 3.63) is 0 Å². The molecule has 1 heterocycles. The van der Waals surface area contributed by atoms with Gasteiger partial charge in [0.15, 0.2) is 12.6 Å². The number of hydrogen-bond donors (Lipinski definition) is 0. The van der Waals surface area contributed by atoms with Gasteiger partial charge >= 0.3 is 41.7 Å². The molecule has 0 radical (unpaired) electrons. The molecule has 0 aromatic rings. The Kier molecular flexibility index (Phi) is 6.72. The van der Waals surface area contributed by atoms with Crippen molar-refractivity contribution in [2.24, 2.45) is 5.41 Å². The monoisotopic (exact) mass is 508 g/mol. The van der Waals surface area contributed by atoms with Crippen LogP contribution >= 0.6 is 0 Å². The van der Waals surface area contributed by atoms with Gasteiger partial charge in [0.2, 0.25) is 6.04 Å². The van der Waals surface area contributed by atoms with Crippen LogP contribution < -0.4 is 0 Å². The van der Waals surface area contributed by atoms with Gasteiger partial charge in [-0.2, -0.15) is 61.6 Å². The number of hydrogen-bond acceptors (Lipinski definition) is 1. The molecule has 15 heteroatoms. The van der Waals surface area contributed by atoms with E-state index in [-0.39, 0.29) is 6.42 Å². The lowest BCUT2D eigenvalue weighted by Crippen LogP contribution is -2.71. The van der Waals surface area contributed by atoms with E-state index < -0.39 is 64.2 Å². The fourth-order valence-electron chi connectivity index (χ4n) is 2.83. The summed E-state index contributed by atoms with van der Waals surface area (Å²) in [6, 6.07) is -1.64. The number of terminal acetylenes is 1. The molecule has 2 unspecified atom stereocenters. The van der Waals surface area contributed by atoms with Crippen molar-refractivity contribution < 1.29 is 66.4 Å². The SMILES string of the molecule is C#CC#C[N+]1(C(=O)C(C)(C)CC)CC1C(F)(F)C(F)(F)C(F)(F)C(F)(F)C(F)(F)C(F)(F)F. The van der Waals surface area contributed by atoms with E-state index in [2.05, 4.69) is 0 Å². The largest absolute Gasteiger partial charge is 0.460 e. The third-order valence-electron chi connectivity index (χ3n) is 5.39. The van der Waals surface area contributed by atoms with Crippen molar-refractivity contribution in [2.75, 3.05) is 6.54 Å². The predicted octanol–water partition coefficient (Wildman–Crippen LogP) is 5.48. The van der Waals surface area contributed by atoms with Gasteiger partial charge in [-0.25, -0.2) is 4.79 Å². The van der Waals surface area contributed by atoms with Crippen molar-refractivity contribution in [1.29, 1.82) is 0 Å². The van der Waals surface area contributed by atoms with E-state index in [0.717, 1.165) is 13.8 Å². The highest BCUT2D eigenvalue weighted by Crippen LogP contribution is 2.63. The second kappa shape index (κ2) is 7.68. The minimum Gasteiger partial charge on any atom is -0.229 e. The van der Waals surface area contributed by atoms with Crippen LogP contribution in [0.4, 0.5) is 57.1 Å². The van der Waals surface area contributed by atoms with Gasteiger partial charge in [0.05, 0.1) is 5.41 Å². The summed E-state index contributed by atoms with van der Waals surface area (Å²) in [5, 5.41) is 0. The number of carbonyl (C=O) groups excluding carboxylic acids is 1. The maximum absolute atomic E-state index is 14.5. The molecule has 1 aliphatic heterocycles. The summed E-state index contributed by atoms with van der Waals surface area (Å²) < 4.78 is 172. The number of alkyl halides is 13. The fraction of sp³-hybridized carbons (Fsp3) is 0.722. The Morgan fingerprint density at radius 1 is 0.848 bits per heavy atom. The molecule has 0 aliphatic carbocycles. The molecule has 33 heavy (non-hydrogen) atoms. The standard InChI is InChI=1S/C18H15F13NO/c1-5-7-8-32(11(33)12(3,4)6-2)9-10(32)13(19,20)14(21,22)15(23,24)16(25,26)17(27,28)18(29,30)31/h1,10H,6,9H2,2-4H3/q+1. The molecule has 1 amide bonds. The Labute approximate surface area is 178 Å². The fourth-order valence-corrected chi connectivity index (χ4v) is 2.83. The number of quaternary nitrogens is 1. The molecule has 1 saturated heterocycles. The summed E-state index contributed by atoms with van der Waals surface area (Å²) in [5.41, 5.74) is -1.61. The van der Waals surface area contributed by atoms with Gasteiger partial charge in [0.25, 0.3) is 0 Å². The zero-order chi connectivity index (χ0) is 26.7. The van der Waals surface area contributed by atoms with Crippen LogP contribution in [-0.2, 0) is 4.79 Å². The number of rotatable bonds is 7. The van der Waals surface area contributed by atoms with Gasteiger partial charge in [0, 0.05) is 5.92 Å². The van der Waals surface area contributed by atoms with E-state index >= 15 is 0 Å². The van der Waals surface area contributed by atoms with Crippen LogP contribution in [0.2, 0.25) is 0 Å². The lowest BCUT2D eigenvalue weighted by Gasteiger charge is -2.39. The Morgan fingerprint density at radius 3 is 1.64 bits per heavy atom. The van der Waals surface area contributed by atoms with Gasteiger partial charge in [-0.15, -0.1) is 6.42 Å². The first-order valence-electron chi connectivity index (χ1n) is 8.73. The van der Waals surface area contributed by atoms with Crippen LogP contribution in [0.1, 0.15) is 27.2 Å². The summed E-state index contributed by atoms with van der Waals surface area (Å²) in [6.45, 7) is 2.09. The second-order valence-corrected chi connectivity index (χ2v) is 7.91. The molecule has 1 rings (SSSR count). The summed E-state index contributed by atoms with van der Waals surface area (Å²) >= 11 is 0. The number of halogens is 13. The Hall–Kier alpha value is -2.16. The Bertz CT molecular complexity index is 901. The molecule has 1 aliphatic rings. The minimum atomic E-state index is -8.01. The minimum absolute atomic E-state index is 0.135. The lowest BCUT2D eigenvalue weighted by atomic mass is 9.88. The highest BCUT2D eigenvalue weighted by atomic mass is 19.4. The van der Waals surface area contributed by atoms with Crippen LogP contribution in [0.15, 0.2) is 0 Å². The highest BCUT2D eigenvalue weighted by molar-refractivity contribution is 5.78. The Balaban J connectivity index is 3.64. The molecular formula is C18H15F13NO+. The molecule has 0 aromatic heterocycles. The highest BCUT2D eigenvalue weighted by Gasteiger charge is 2.94. The molecular weight excluding hydrogens is 493 g/mol. The first-order valence-corrected chi connectivity index (χ1v) is 8.73. The molecule has 1 fully saturated rings. The van der Waals surface area contributed by atoms with Gasteiger partial charge in [0.1, 0.15) is 0 Å². The molecule has 0 saturated carbocycles. The first kappa shape index (κ1) is 28.9. The zero-order valence-corrected chi connectivity index (χ0v) is 16.8. The van der Waals surface area contributed by atoms with Gasteiger partial charge in [-0.3, -0.25) is 0 Å². The van der Waals surface area contributed by atoms with Crippen LogP contribution in [0.5, 0.6) is 0 Å². The summed E-state index contributed by atoms with van der Waals surface area (Å²) in [7, 11) is 0. The summed E-state index contributed by atoms with van der Waals surface area (Å²) in [4.78, 5) is 12.6. The normalized spacial score (nSPS) is 22.8. The van der Waals surface area contributed by atoms with Crippen LogP contribution in [-0.4, -0.2) is 58.8 Å². The molecule has 188 valence electrons. The summed E-state index contributed by atoms with van der Waals surface area (Å²) in [5.74, 6) is -35.8. The number of carbonyl (C=O) groups is 1. The Morgan fingerprint density at radius 2 is 1.27 bits per heavy atom. The maximum Gasteiger partial charge on any atom is 0.460 e. The lowest BCUT2D eigenvalue weighted by molar-refractivity contribution is -0.676. The van der Waals surface area contributed by atoms with E-state index in [0.29, 0.717) is 0 Å². The molecule has 0 bridgehead atoms. The van der Waals surface area contributed by atoms with Crippen molar-refractivity contribution in [3.63, 3.8) is 0 Å². The smallest absolute Gasteiger partial charge is 0.229 e. The van der Waals surface area contributed by atoms with E-state index in [9.17, 15) is 61.9 Å². The van der Waals surface area contributed by atoms with Crippen molar-refractivity contribution in [1.82, 2.24) is 0 Å².